The van der Waals surface area contributed by atoms with Crippen molar-refractivity contribution in [1.82, 2.24) is 20.4 Å². The van der Waals surface area contributed by atoms with Crippen molar-refractivity contribution in [3.63, 3.8) is 0 Å². The lowest BCUT2D eigenvalue weighted by Gasteiger charge is -2.22. The molecule has 1 N–H and O–H groups in total. The number of aromatic nitrogens is 2. The number of urea groups is 1. The van der Waals surface area contributed by atoms with E-state index in [9.17, 15) is 9.59 Å². The number of aryl methyl sites for hydroxylation is 1. The maximum atomic E-state index is 12.8. The highest BCUT2D eigenvalue weighted by Gasteiger charge is 2.49. The minimum atomic E-state index is -1.20. The van der Waals surface area contributed by atoms with E-state index >= 15 is 0 Å². The summed E-state index contributed by atoms with van der Waals surface area (Å²) in [6.45, 7) is 3.34. The third-order valence-corrected chi connectivity index (χ3v) is 4.09. The molecule has 2 aliphatic heterocycles. The molecule has 9 nitrogen and oxygen atoms in total. The van der Waals surface area contributed by atoms with Crippen molar-refractivity contribution in [2.24, 2.45) is 0 Å². The Morgan fingerprint density at radius 2 is 2.04 bits per heavy atom. The molecule has 4 rings (SSSR count). The largest absolute Gasteiger partial charge is 0.454 e. The molecule has 1 fully saturated rings. The predicted octanol–water partition coefficient (Wildman–Crippen LogP) is 1.07. The van der Waals surface area contributed by atoms with Gasteiger partial charge in [0.1, 0.15) is 12.1 Å². The zero-order valence-corrected chi connectivity index (χ0v) is 13.0. The summed E-state index contributed by atoms with van der Waals surface area (Å²) >= 11 is 0. The lowest BCUT2D eigenvalue weighted by Crippen LogP contribution is -2.40. The van der Waals surface area contributed by atoms with E-state index in [0.717, 1.165) is 4.90 Å². The van der Waals surface area contributed by atoms with Crippen molar-refractivity contribution in [2.45, 2.75) is 25.9 Å². The Labute approximate surface area is 136 Å². The summed E-state index contributed by atoms with van der Waals surface area (Å²) in [5.74, 6) is 1.32. The summed E-state index contributed by atoms with van der Waals surface area (Å²) in [6.07, 6.45) is 0. The van der Waals surface area contributed by atoms with Crippen molar-refractivity contribution >= 4 is 11.9 Å². The van der Waals surface area contributed by atoms with Crippen LogP contribution in [-0.2, 0) is 16.9 Å². The van der Waals surface area contributed by atoms with Gasteiger partial charge in [-0.3, -0.25) is 9.69 Å². The first kappa shape index (κ1) is 14.5. The highest BCUT2D eigenvalue weighted by molar-refractivity contribution is 6.07. The van der Waals surface area contributed by atoms with Crippen molar-refractivity contribution in [2.75, 3.05) is 6.79 Å². The molecule has 1 aromatic carbocycles. The second-order valence-corrected chi connectivity index (χ2v) is 5.73. The first-order chi connectivity index (χ1) is 11.5. The second kappa shape index (κ2) is 4.95. The number of hydrogen-bond donors (Lipinski definition) is 1. The Morgan fingerprint density at radius 3 is 2.79 bits per heavy atom. The van der Waals surface area contributed by atoms with E-state index in [1.165, 1.54) is 0 Å². The number of rotatable bonds is 3. The van der Waals surface area contributed by atoms with Crippen molar-refractivity contribution in [3.05, 3.63) is 35.5 Å². The molecule has 124 valence electrons. The highest BCUT2D eigenvalue weighted by atomic mass is 16.7. The monoisotopic (exact) mass is 330 g/mol. The molecule has 0 radical (unpaired) electrons. The van der Waals surface area contributed by atoms with Crippen molar-refractivity contribution < 1.29 is 23.5 Å². The third kappa shape index (κ3) is 2.08. The van der Waals surface area contributed by atoms with E-state index < -0.39 is 17.5 Å². The maximum absolute atomic E-state index is 12.8. The van der Waals surface area contributed by atoms with Gasteiger partial charge in [-0.1, -0.05) is 6.07 Å². The molecule has 9 heteroatoms. The zero-order chi connectivity index (χ0) is 16.9. The standard InChI is InChI=1S/C15H14N4O5/c1-8-17-18-12(24-8)6-19-13(20)15(2,16-14(19)21)9-3-4-10-11(5-9)23-7-22-10/h3-5H,6-7H2,1-2H3,(H,16,21). The smallest absolute Gasteiger partial charge is 0.325 e. The van der Waals surface area contributed by atoms with Gasteiger partial charge in [0.15, 0.2) is 11.5 Å². The van der Waals surface area contributed by atoms with Crippen LogP contribution in [0.4, 0.5) is 4.79 Å². The summed E-state index contributed by atoms with van der Waals surface area (Å²) in [4.78, 5) is 26.2. The fraction of sp³-hybridized carbons (Fsp3) is 0.333. The van der Waals surface area contributed by atoms with E-state index in [-0.39, 0.29) is 19.2 Å². The number of carbonyl (C=O) groups excluding carboxylic acids is 2. The molecule has 1 unspecified atom stereocenters. The second-order valence-electron chi connectivity index (χ2n) is 5.73. The molecular weight excluding hydrogens is 316 g/mol. The molecule has 0 aliphatic carbocycles. The van der Waals surface area contributed by atoms with Gasteiger partial charge in [0.25, 0.3) is 5.91 Å². The molecule has 1 atom stereocenters. The maximum Gasteiger partial charge on any atom is 0.325 e. The molecule has 0 saturated carbocycles. The summed E-state index contributed by atoms with van der Waals surface area (Å²) < 4.78 is 15.8. The normalized spacial score (nSPS) is 22.2. The molecule has 3 heterocycles. The van der Waals surface area contributed by atoms with Crippen LogP contribution in [0.25, 0.3) is 0 Å². The number of benzene rings is 1. The molecular formula is C15H14N4O5. The van der Waals surface area contributed by atoms with Crippen molar-refractivity contribution in [1.29, 1.82) is 0 Å². The van der Waals surface area contributed by atoms with Crippen LogP contribution >= 0.6 is 0 Å². The topological polar surface area (TPSA) is 107 Å². The SMILES string of the molecule is Cc1nnc(CN2C(=O)NC(C)(c3ccc4c(c3)OCO4)C2=O)o1. The molecule has 0 spiro atoms. The van der Waals surface area contributed by atoms with Gasteiger partial charge in [0.05, 0.1) is 0 Å². The van der Waals surface area contributed by atoms with Gasteiger partial charge >= 0.3 is 6.03 Å². The minimum absolute atomic E-state index is 0.0777. The Morgan fingerprint density at radius 1 is 1.25 bits per heavy atom. The number of nitrogens with one attached hydrogen (secondary N) is 1. The van der Waals surface area contributed by atoms with Crippen LogP contribution in [0.1, 0.15) is 24.3 Å². The van der Waals surface area contributed by atoms with Gasteiger partial charge in [-0.15, -0.1) is 10.2 Å². The van der Waals surface area contributed by atoms with Gasteiger partial charge in [-0.2, -0.15) is 0 Å². The van der Waals surface area contributed by atoms with Crippen LogP contribution in [0.15, 0.2) is 22.6 Å². The minimum Gasteiger partial charge on any atom is -0.454 e. The molecule has 1 aromatic heterocycles. The summed E-state index contributed by atoms with van der Waals surface area (Å²) in [5.41, 5.74) is -0.595. The van der Waals surface area contributed by atoms with E-state index in [4.69, 9.17) is 13.9 Å². The van der Waals surface area contributed by atoms with Gasteiger partial charge < -0.3 is 19.2 Å². The van der Waals surface area contributed by atoms with Crippen LogP contribution in [0.3, 0.4) is 0 Å². The first-order valence-corrected chi connectivity index (χ1v) is 7.30. The van der Waals surface area contributed by atoms with Crippen LogP contribution < -0.4 is 14.8 Å². The lowest BCUT2D eigenvalue weighted by atomic mass is 9.91. The summed E-state index contributed by atoms with van der Waals surface area (Å²) in [7, 11) is 0. The Bertz CT molecular complexity index is 848. The number of fused-ring (bicyclic) bond motifs is 1. The predicted molar refractivity (Wildman–Crippen MR) is 78.0 cm³/mol. The van der Waals surface area contributed by atoms with Gasteiger partial charge in [0, 0.05) is 6.92 Å². The van der Waals surface area contributed by atoms with Crippen LogP contribution in [-0.4, -0.2) is 33.8 Å². The molecule has 24 heavy (non-hydrogen) atoms. The van der Waals surface area contributed by atoms with E-state index in [0.29, 0.717) is 23.0 Å². The molecule has 1 saturated heterocycles. The summed E-state index contributed by atoms with van der Waals surface area (Å²) in [5, 5.41) is 10.2. The van der Waals surface area contributed by atoms with E-state index in [1.807, 2.05) is 0 Å². The van der Waals surface area contributed by atoms with E-state index in [1.54, 1.807) is 32.0 Å². The highest BCUT2D eigenvalue weighted by Crippen LogP contribution is 2.38. The molecule has 2 aromatic rings. The fourth-order valence-corrected chi connectivity index (χ4v) is 2.78. The molecule has 0 bridgehead atoms. The number of ether oxygens (including phenoxy) is 2. The average Bonchev–Trinajstić information content (AvgIpc) is 3.23. The Kier molecular flexibility index (Phi) is 2.99. The number of hydrogen-bond acceptors (Lipinski definition) is 7. The lowest BCUT2D eigenvalue weighted by molar-refractivity contribution is -0.131. The third-order valence-electron chi connectivity index (χ3n) is 4.09. The number of nitrogens with zero attached hydrogens (tertiary/aromatic N) is 3. The summed E-state index contributed by atoms with van der Waals surface area (Å²) in [6, 6.07) is 4.62. The zero-order valence-electron chi connectivity index (χ0n) is 13.0. The Balaban J connectivity index is 1.64. The Hall–Kier alpha value is -3.10. The van der Waals surface area contributed by atoms with Gasteiger partial charge in [-0.25, -0.2) is 4.79 Å². The number of carbonyl (C=O) groups is 2. The number of amides is 3. The van der Waals surface area contributed by atoms with Gasteiger partial charge in [-0.05, 0) is 24.6 Å². The van der Waals surface area contributed by atoms with Crippen LogP contribution in [0, 0.1) is 6.92 Å². The quantitative estimate of drug-likeness (QED) is 0.839. The van der Waals surface area contributed by atoms with Crippen molar-refractivity contribution in [3.8, 4) is 11.5 Å². The molecule has 3 amide bonds. The first-order valence-electron chi connectivity index (χ1n) is 7.30. The van der Waals surface area contributed by atoms with Crippen LogP contribution in [0.2, 0.25) is 0 Å². The van der Waals surface area contributed by atoms with E-state index in [2.05, 4.69) is 15.5 Å². The van der Waals surface area contributed by atoms with Crippen LogP contribution in [0.5, 0.6) is 11.5 Å². The molecule has 2 aliphatic rings. The number of imide groups is 1. The average molecular weight is 330 g/mol. The fourth-order valence-electron chi connectivity index (χ4n) is 2.78. The van der Waals surface area contributed by atoms with Gasteiger partial charge in [0.2, 0.25) is 18.6 Å².